The van der Waals surface area contributed by atoms with E-state index in [9.17, 15) is 19.2 Å². The lowest BCUT2D eigenvalue weighted by atomic mass is 9.89. The first-order valence-corrected chi connectivity index (χ1v) is 14.5. The average molecular weight is 562 g/mol. The standard InChI is InChI=1S/C31H47NO8/c1-18(2)21(6)28(33)39-26-14-13-23(16-27(26)40-29(34)22(7)19(3)4)15-25(32)31(36)38-20(5)17-37-30(35)24-11-9-8-10-12-24/h13-14,16,18-22,24-25H,8-12,15,17,32H2,1-7H3/t20-,21?,22?,25-/m0/s1. The molecule has 1 fully saturated rings. The molecule has 1 aliphatic rings. The fourth-order valence-electron chi connectivity index (χ4n) is 4.10. The third-order valence-electron chi connectivity index (χ3n) is 7.65. The molecule has 9 heteroatoms. The van der Waals surface area contributed by atoms with Crippen LogP contribution < -0.4 is 15.2 Å². The van der Waals surface area contributed by atoms with Gasteiger partial charge in [-0.3, -0.25) is 19.2 Å². The van der Waals surface area contributed by atoms with Crippen molar-refractivity contribution in [3.05, 3.63) is 23.8 Å². The molecular weight excluding hydrogens is 514 g/mol. The van der Waals surface area contributed by atoms with Crippen molar-refractivity contribution in [2.24, 2.45) is 35.3 Å². The summed E-state index contributed by atoms with van der Waals surface area (Å²) in [5.74, 6) is -2.27. The first-order chi connectivity index (χ1) is 18.8. The van der Waals surface area contributed by atoms with Gasteiger partial charge in [-0.15, -0.1) is 0 Å². The molecule has 0 heterocycles. The smallest absolute Gasteiger partial charge is 0.323 e. The SMILES string of the molecule is CC(C)C(C)C(=O)Oc1ccc(C[C@H](N)C(=O)O[C@@H](C)COC(=O)C2CCCCC2)cc1OC(=O)C(C)C(C)C. The Balaban J connectivity index is 2.05. The summed E-state index contributed by atoms with van der Waals surface area (Å²) < 4.78 is 22.0. The molecule has 2 unspecified atom stereocenters. The fourth-order valence-corrected chi connectivity index (χ4v) is 4.10. The van der Waals surface area contributed by atoms with Gasteiger partial charge in [0.1, 0.15) is 18.8 Å². The van der Waals surface area contributed by atoms with Crippen molar-refractivity contribution in [1.29, 1.82) is 0 Å². The van der Waals surface area contributed by atoms with Gasteiger partial charge in [0.2, 0.25) is 0 Å². The van der Waals surface area contributed by atoms with Crippen LogP contribution >= 0.6 is 0 Å². The molecule has 1 aromatic carbocycles. The molecule has 1 aromatic rings. The topological polar surface area (TPSA) is 131 Å². The van der Waals surface area contributed by atoms with Gasteiger partial charge in [0, 0.05) is 0 Å². The molecule has 0 amide bonds. The van der Waals surface area contributed by atoms with E-state index in [0.29, 0.717) is 5.56 Å². The first kappa shape index (κ1) is 33.3. The van der Waals surface area contributed by atoms with E-state index < -0.39 is 30.1 Å². The second-order valence-electron chi connectivity index (χ2n) is 11.7. The van der Waals surface area contributed by atoms with Crippen LogP contribution in [0.15, 0.2) is 18.2 Å². The van der Waals surface area contributed by atoms with Gasteiger partial charge in [-0.25, -0.2) is 0 Å². The Morgan fingerprint density at radius 1 is 0.800 bits per heavy atom. The van der Waals surface area contributed by atoms with Crippen LogP contribution in [0.3, 0.4) is 0 Å². The van der Waals surface area contributed by atoms with Gasteiger partial charge < -0.3 is 24.7 Å². The number of carbonyl (C=O) groups is 4. The molecule has 40 heavy (non-hydrogen) atoms. The predicted octanol–water partition coefficient (Wildman–Crippen LogP) is 5.01. The number of ether oxygens (including phenoxy) is 4. The molecule has 0 saturated heterocycles. The Bertz CT molecular complexity index is 1010. The highest BCUT2D eigenvalue weighted by Gasteiger charge is 2.27. The summed E-state index contributed by atoms with van der Waals surface area (Å²) in [5, 5.41) is 0. The molecule has 4 atom stereocenters. The molecule has 2 rings (SSSR count). The maximum absolute atomic E-state index is 12.7. The average Bonchev–Trinajstić information content (AvgIpc) is 2.92. The molecule has 9 nitrogen and oxygen atoms in total. The molecule has 0 aliphatic heterocycles. The highest BCUT2D eigenvalue weighted by atomic mass is 16.6. The minimum absolute atomic E-state index is 0.0310. The molecule has 1 aliphatic carbocycles. The van der Waals surface area contributed by atoms with Crippen LogP contribution in [-0.2, 0) is 35.1 Å². The summed E-state index contributed by atoms with van der Waals surface area (Å²) in [6, 6.07) is 3.74. The van der Waals surface area contributed by atoms with Crippen molar-refractivity contribution in [3.8, 4) is 11.5 Å². The van der Waals surface area contributed by atoms with E-state index >= 15 is 0 Å². The molecule has 224 valence electrons. The maximum atomic E-state index is 12.7. The van der Waals surface area contributed by atoms with E-state index in [4.69, 9.17) is 24.7 Å². The Kier molecular flexibility index (Phi) is 13.1. The summed E-state index contributed by atoms with van der Waals surface area (Å²) in [5.41, 5.74) is 6.72. The number of hydrogen-bond acceptors (Lipinski definition) is 9. The Labute approximate surface area is 238 Å². The summed E-state index contributed by atoms with van der Waals surface area (Å²) in [6.07, 6.45) is 4.30. The lowest BCUT2D eigenvalue weighted by Gasteiger charge is -2.22. The number of nitrogens with two attached hydrogens (primary N) is 1. The van der Waals surface area contributed by atoms with Crippen molar-refractivity contribution < 1.29 is 38.1 Å². The van der Waals surface area contributed by atoms with Crippen LogP contribution in [-0.4, -0.2) is 42.6 Å². The summed E-state index contributed by atoms with van der Waals surface area (Å²) >= 11 is 0. The van der Waals surface area contributed by atoms with Gasteiger partial charge in [-0.1, -0.05) is 66.9 Å². The minimum atomic E-state index is -1.01. The molecule has 0 spiro atoms. The number of carbonyl (C=O) groups excluding carboxylic acids is 4. The molecule has 0 radical (unpaired) electrons. The summed E-state index contributed by atoms with van der Waals surface area (Å²) in [6.45, 7) is 12.8. The highest BCUT2D eigenvalue weighted by molar-refractivity contribution is 5.79. The maximum Gasteiger partial charge on any atom is 0.323 e. The summed E-state index contributed by atoms with van der Waals surface area (Å²) in [7, 11) is 0. The minimum Gasteiger partial charge on any atom is -0.462 e. The van der Waals surface area contributed by atoms with Crippen molar-refractivity contribution in [2.75, 3.05) is 6.61 Å². The van der Waals surface area contributed by atoms with E-state index in [0.717, 1.165) is 32.1 Å². The fraction of sp³-hybridized carbons (Fsp3) is 0.677. The van der Waals surface area contributed by atoms with Crippen LogP contribution in [0.2, 0.25) is 0 Å². The van der Waals surface area contributed by atoms with Crippen molar-refractivity contribution in [1.82, 2.24) is 0 Å². The normalized spacial score (nSPS) is 17.1. The van der Waals surface area contributed by atoms with E-state index in [2.05, 4.69) is 0 Å². The van der Waals surface area contributed by atoms with Crippen LogP contribution in [0.1, 0.15) is 86.1 Å². The van der Waals surface area contributed by atoms with Gasteiger partial charge in [0.15, 0.2) is 11.5 Å². The van der Waals surface area contributed by atoms with E-state index in [-0.39, 0.29) is 60.1 Å². The van der Waals surface area contributed by atoms with Crippen molar-refractivity contribution in [2.45, 2.75) is 99.1 Å². The largest absolute Gasteiger partial charge is 0.462 e. The number of benzene rings is 1. The zero-order valence-electron chi connectivity index (χ0n) is 25.1. The Morgan fingerprint density at radius 2 is 1.35 bits per heavy atom. The third kappa shape index (κ3) is 10.2. The van der Waals surface area contributed by atoms with E-state index in [1.165, 1.54) is 6.07 Å². The second-order valence-corrected chi connectivity index (χ2v) is 11.7. The quantitative estimate of drug-likeness (QED) is 0.261. The lowest BCUT2D eigenvalue weighted by Crippen LogP contribution is -2.37. The molecule has 1 saturated carbocycles. The number of rotatable bonds is 13. The van der Waals surface area contributed by atoms with Crippen LogP contribution in [0.5, 0.6) is 11.5 Å². The molecule has 0 bridgehead atoms. The molecule has 0 aromatic heterocycles. The predicted molar refractivity (Wildman–Crippen MR) is 150 cm³/mol. The van der Waals surface area contributed by atoms with Gasteiger partial charge in [0.05, 0.1) is 17.8 Å². The van der Waals surface area contributed by atoms with Gasteiger partial charge in [0.25, 0.3) is 0 Å². The van der Waals surface area contributed by atoms with Crippen molar-refractivity contribution >= 4 is 23.9 Å². The third-order valence-corrected chi connectivity index (χ3v) is 7.65. The van der Waals surface area contributed by atoms with E-state index in [1.54, 1.807) is 32.9 Å². The lowest BCUT2D eigenvalue weighted by molar-refractivity contribution is -0.161. The molecule has 2 N–H and O–H groups in total. The van der Waals surface area contributed by atoms with Crippen LogP contribution in [0.25, 0.3) is 0 Å². The Hall–Kier alpha value is -2.94. The van der Waals surface area contributed by atoms with Crippen molar-refractivity contribution in [3.63, 3.8) is 0 Å². The molecular formula is C31H47NO8. The Morgan fingerprint density at radius 3 is 1.90 bits per heavy atom. The highest BCUT2D eigenvalue weighted by Crippen LogP contribution is 2.32. The number of esters is 4. The zero-order valence-corrected chi connectivity index (χ0v) is 25.1. The first-order valence-electron chi connectivity index (χ1n) is 14.5. The van der Waals surface area contributed by atoms with Crippen LogP contribution in [0.4, 0.5) is 0 Å². The van der Waals surface area contributed by atoms with Gasteiger partial charge in [-0.05, 0) is 55.7 Å². The number of hydrogen-bond donors (Lipinski definition) is 1. The zero-order chi connectivity index (χ0) is 30.0. The second kappa shape index (κ2) is 15.7. The van der Waals surface area contributed by atoms with Gasteiger partial charge in [-0.2, -0.15) is 0 Å². The van der Waals surface area contributed by atoms with Crippen LogP contribution in [0, 0.1) is 29.6 Å². The summed E-state index contributed by atoms with van der Waals surface area (Å²) in [4.78, 5) is 50.2. The monoisotopic (exact) mass is 561 g/mol. The van der Waals surface area contributed by atoms with Gasteiger partial charge >= 0.3 is 23.9 Å². The van der Waals surface area contributed by atoms with E-state index in [1.807, 2.05) is 27.7 Å².